The summed E-state index contributed by atoms with van der Waals surface area (Å²) < 4.78 is 0. The molecule has 1 aromatic heterocycles. The number of carbonyl (C=O) groups is 2. The first-order chi connectivity index (χ1) is 15.0. The van der Waals surface area contributed by atoms with Crippen LogP contribution in [0.15, 0.2) is 30.5 Å². The summed E-state index contributed by atoms with van der Waals surface area (Å²) in [4.78, 5) is 33.3. The standard InChI is InChI=1S/C25H36N4O2/c1-3-22(25(31)21-5-4-20-6-11-26-23(20)16-21)27-17-24(30)29-14-9-19(10-15-29)18-7-12-28(2)13-8-18/h4-6,11,16,18-19,22,26-27H,3,7-10,12-15,17H2,1-2H3. The van der Waals surface area contributed by atoms with Crippen molar-refractivity contribution in [1.82, 2.24) is 20.1 Å². The Hall–Kier alpha value is -2.18. The van der Waals surface area contributed by atoms with E-state index >= 15 is 0 Å². The zero-order valence-electron chi connectivity index (χ0n) is 18.9. The number of hydrogen-bond donors (Lipinski definition) is 2. The maximum Gasteiger partial charge on any atom is 0.236 e. The molecular formula is C25H36N4O2. The molecule has 0 bridgehead atoms. The lowest BCUT2D eigenvalue weighted by molar-refractivity contribution is -0.132. The van der Waals surface area contributed by atoms with Crippen LogP contribution < -0.4 is 5.32 Å². The molecule has 1 atom stereocenters. The number of carbonyl (C=O) groups excluding carboxylic acids is 2. The molecule has 1 aromatic carbocycles. The van der Waals surface area contributed by atoms with Crippen molar-refractivity contribution < 1.29 is 9.59 Å². The lowest BCUT2D eigenvalue weighted by Crippen LogP contribution is -2.47. The number of fused-ring (bicyclic) bond motifs is 1. The molecular weight excluding hydrogens is 388 g/mol. The average molecular weight is 425 g/mol. The van der Waals surface area contributed by atoms with Gasteiger partial charge in [-0.15, -0.1) is 0 Å². The Morgan fingerprint density at radius 1 is 1.06 bits per heavy atom. The minimum atomic E-state index is -0.340. The minimum absolute atomic E-state index is 0.0489. The number of benzene rings is 1. The van der Waals surface area contributed by atoms with Gasteiger partial charge in [0.1, 0.15) is 0 Å². The second-order valence-electron chi connectivity index (χ2n) is 9.34. The van der Waals surface area contributed by atoms with Crippen LogP contribution in [0.25, 0.3) is 10.9 Å². The number of H-pyrrole nitrogens is 1. The van der Waals surface area contributed by atoms with E-state index in [9.17, 15) is 9.59 Å². The number of Topliss-reactive ketones (excluding diaryl/α,β-unsaturated/α-hetero) is 1. The lowest BCUT2D eigenvalue weighted by atomic mass is 9.79. The Bertz CT molecular complexity index is 892. The summed E-state index contributed by atoms with van der Waals surface area (Å²) in [6.07, 6.45) is 7.37. The lowest BCUT2D eigenvalue weighted by Gasteiger charge is -2.39. The van der Waals surface area contributed by atoms with Crippen LogP contribution in [0.2, 0.25) is 0 Å². The topological polar surface area (TPSA) is 68.4 Å². The molecule has 2 saturated heterocycles. The third-order valence-corrected chi connectivity index (χ3v) is 7.39. The summed E-state index contributed by atoms with van der Waals surface area (Å²) in [7, 11) is 2.21. The second kappa shape index (κ2) is 9.96. The molecule has 2 aliphatic heterocycles. The average Bonchev–Trinajstić information content (AvgIpc) is 3.28. The highest BCUT2D eigenvalue weighted by Gasteiger charge is 2.30. The number of piperidine rings is 2. The van der Waals surface area contributed by atoms with Gasteiger partial charge in [-0.25, -0.2) is 0 Å². The minimum Gasteiger partial charge on any atom is -0.361 e. The number of nitrogens with one attached hydrogen (secondary N) is 2. The van der Waals surface area contributed by atoms with Gasteiger partial charge in [-0.3, -0.25) is 14.9 Å². The van der Waals surface area contributed by atoms with Gasteiger partial charge in [-0.2, -0.15) is 0 Å². The first-order valence-electron chi connectivity index (χ1n) is 11.9. The zero-order valence-corrected chi connectivity index (χ0v) is 18.9. The number of rotatable bonds is 7. The Kier molecular flexibility index (Phi) is 7.08. The number of hydrogen-bond acceptors (Lipinski definition) is 4. The van der Waals surface area contributed by atoms with Crippen LogP contribution in [-0.2, 0) is 4.79 Å². The number of likely N-dealkylation sites (tertiary alicyclic amines) is 2. The SMILES string of the molecule is CCC(NCC(=O)N1CCC(C2CCN(C)CC2)CC1)C(=O)c1ccc2cc[nH]c2c1. The molecule has 31 heavy (non-hydrogen) atoms. The maximum absolute atomic E-state index is 13.0. The quantitative estimate of drug-likeness (QED) is 0.669. The van der Waals surface area contributed by atoms with Crippen molar-refractivity contribution >= 4 is 22.6 Å². The molecule has 0 aliphatic carbocycles. The smallest absolute Gasteiger partial charge is 0.236 e. The van der Waals surface area contributed by atoms with E-state index in [0.717, 1.165) is 48.7 Å². The Balaban J connectivity index is 1.26. The van der Waals surface area contributed by atoms with E-state index in [1.807, 2.05) is 42.3 Å². The van der Waals surface area contributed by atoms with Gasteiger partial charge in [-0.05, 0) is 81.6 Å². The summed E-state index contributed by atoms with van der Waals surface area (Å²) in [5.41, 5.74) is 1.64. The Morgan fingerprint density at radius 2 is 1.74 bits per heavy atom. The number of aromatic nitrogens is 1. The van der Waals surface area contributed by atoms with Gasteiger partial charge in [0.2, 0.25) is 5.91 Å². The fourth-order valence-corrected chi connectivity index (χ4v) is 5.27. The van der Waals surface area contributed by atoms with Crippen LogP contribution in [0.1, 0.15) is 49.4 Å². The van der Waals surface area contributed by atoms with E-state index in [4.69, 9.17) is 0 Å². The number of ketones is 1. The van der Waals surface area contributed by atoms with Crippen LogP contribution in [0, 0.1) is 11.8 Å². The van der Waals surface area contributed by atoms with E-state index in [0.29, 0.717) is 12.0 Å². The molecule has 2 aliphatic rings. The third kappa shape index (κ3) is 5.18. The molecule has 3 heterocycles. The summed E-state index contributed by atoms with van der Waals surface area (Å²) in [6.45, 7) is 6.33. The van der Waals surface area contributed by atoms with Crippen LogP contribution in [0.5, 0.6) is 0 Å². The first kappa shape index (κ1) is 22.0. The number of nitrogens with zero attached hydrogens (tertiary/aromatic N) is 2. The van der Waals surface area contributed by atoms with Crippen molar-refractivity contribution in [3.8, 4) is 0 Å². The van der Waals surface area contributed by atoms with Gasteiger partial charge in [0.05, 0.1) is 12.6 Å². The fourth-order valence-electron chi connectivity index (χ4n) is 5.27. The normalized spacial score (nSPS) is 20.3. The maximum atomic E-state index is 13.0. The molecule has 0 spiro atoms. The first-order valence-corrected chi connectivity index (χ1v) is 11.9. The molecule has 168 valence electrons. The molecule has 2 N–H and O–H groups in total. The van der Waals surface area contributed by atoms with Crippen molar-refractivity contribution in [3.05, 3.63) is 36.0 Å². The van der Waals surface area contributed by atoms with E-state index in [1.165, 1.54) is 25.9 Å². The van der Waals surface area contributed by atoms with E-state index in [1.54, 1.807) is 0 Å². The van der Waals surface area contributed by atoms with Crippen LogP contribution in [0.4, 0.5) is 0 Å². The third-order valence-electron chi connectivity index (χ3n) is 7.39. The van der Waals surface area contributed by atoms with Crippen molar-refractivity contribution in [2.24, 2.45) is 11.8 Å². The van der Waals surface area contributed by atoms with Gasteiger partial charge in [0, 0.05) is 30.4 Å². The van der Waals surface area contributed by atoms with Gasteiger partial charge in [0.15, 0.2) is 5.78 Å². The van der Waals surface area contributed by atoms with E-state index in [2.05, 4.69) is 22.2 Å². The molecule has 1 unspecified atom stereocenters. The molecule has 2 fully saturated rings. The summed E-state index contributed by atoms with van der Waals surface area (Å²) in [6, 6.07) is 7.39. The highest BCUT2D eigenvalue weighted by atomic mass is 16.2. The monoisotopic (exact) mass is 424 g/mol. The molecule has 4 rings (SSSR count). The Labute approximate surface area is 185 Å². The van der Waals surface area contributed by atoms with Crippen LogP contribution >= 0.6 is 0 Å². The molecule has 0 radical (unpaired) electrons. The van der Waals surface area contributed by atoms with Crippen molar-refractivity contribution in [2.45, 2.75) is 45.1 Å². The fraction of sp³-hybridized carbons (Fsp3) is 0.600. The van der Waals surface area contributed by atoms with Crippen molar-refractivity contribution in [1.29, 1.82) is 0 Å². The highest BCUT2D eigenvalue weighted by Crippen LogP contribution is 2.32. The van der Waals surface area contributed by atoms with Crippen molar-refractivity contribution in [3.63, 3.8) is 0 Å². The summed E-state index contributed by atoms with van der Waals surface area (Å²) >= 11 is 0. The summed E-state index contributed by atoms with van der Waals surface area (Å²) in [5.74, 6) is 1.75. The van der Waals surface area contributed by atoms with Crippen LogP contribution in [0.3, 0.4) is 0 Å². The van der Waals surface area contributed by atoms with E-state index < -0.39 is 0 Å². The molecule has 6 nitrogen and oxygen atoms in total. The number of amides is 1. The van der Waals surface area contributed by atoms with Gasteiger partial charge in [-0.1, -0.05) is 19.1 Å². The Morgan fingerprint density at radius 3 is 2.42 bits per heavy atom. The zero-order chi connectivity index (χ0) is 21.8. The van der Waals surface area contributed by atoms with Gasteiger partial charge >= 0.3 is 0 Å². The van der Waals surface area contributed by atoms with Gasteiger partial charge < -0.3 is 14.8 Å². The summed E-state index contributed by atoms with van der Waals surface area (Å²) in [5, 5.41) is 4.32. The molecule has 1 amide bonds. The van der Waals surface area contributed by atoms with Gasteiger partial charge in [0.25, 0.3) is 0 Å². The molecule has 6 heteroatoms. The van der Waals surface area contributed by atoms with Crippen molar-refractivity contribution in [2.75, 3.05) is 39.8 Å². The van der Waals surface area contributed by atoms with Crippen LogP contribution in [-0.4, -0.2) is 72.3 Å². The predicted octanol–water partition coefficient (Wildman–Crippen LogP) is 3.30. The molecule has 0 saturated carbocycles. The largest absolute Gasteiger partial charge is 0.361 e. The van der Waals surface area contributed by atoms with E-state index in [-0.39, 0.29) is 24.3 Å². The number of aromatic amines is 1. The molecule has 2 aromatic rings. The second-order valence-corrected chi connectivity index (χ2v) is 9.34. The highest BCUT2D eigenvalue weighted by molar-refractivity contribution is 6.02. The predicted molar refractivity (Wildman–Crippen MR) is 124 cm³/mol.